The zero-order valence-electron chi connectivity index (χ0n) is 10.1. The van der Waals surface area contributed by atoms with E-state index in [1.165, 1.54) is 12.1 Å². The van der Waals surface area contributed by atoms with Gasteiger partial charge in [0, 0.05) is 17.7 Å². The molecule has 1 aliphatic rings. The number of nitrogens with one attached hydrogen (secondary N) is 1. The summed E-state index contributed by atoms with van der Waals surface area (Å²) in [5, 5.41) is 1.93. The number of benzene rings is 1. The molecule has 7 heteroatoms. The molecule has 2 rings (SSSR count). The number of hydrogen-bond donors (Lipinski definition) is 1. The highest BCUT2D eigenvalue weighted by molar-refractivity contribution is 6.49. The van der Waals surface area contributed by atoms with Crippen molar-refractivity contribution in [1.82, 2.24) is 5.32 Å². The lowest BCUT2D eigenvalue weighted by atomic mass is 9.92. The minimum atomic E-state index is -4.35. The smallest absolute Gasteiger partial charge is 0.380 e. The van der Waals surface area contributed by atoms with Crippen LogP contribution in [-0.2, 0) is 0 Å². The van der Waals surface area contributed by atoms with Crippen LogP contribution in [0, 0.1) is 0 Å². The molecule has 0 fully saturated rings. The van der Waals surface area contributed by atoms with Crippen LogP contribution in [-0.4, -0.2) is 24.3 Å². The molecule has 0 amide bonds. The minimum absolute atomic E-state index is 0.136. The average Bonchev–Trinajstić information content (AvgIpc) is 2.39. The van der Waals surface area contributed by atoms with E-state index in [1.807, 2.05) is 0 Å². The zero-order chi connectivity index (χ0) is 14.9. The molecule has 1 aliphatic carbocycles. The second-order valence-electron chi connectivity index (χ2n) is 4.18. The predicted molar refractivity (Wildman–Crippen MR) is 66.7 cm³/mol. The molecule has 0 unspecified atom stereocenters. The van der Waals surface area contributed by atoms with E-state index in [-0.39, 0.29) is 21.9 Å². The molecule has 0 atom stereocenters. The lowest BCUT2D eigenvalue weighted by Gasteiger charge is -2.19. The first kappa shape index (κ1) is 14.6. The van der Waals surface area contributed by atoms with Crippen LogP contribution >= 0.6 is 11.6 Å². The normalized spacial score (nSPS) is 15.4. The molecular weight excluding hydrogens is 295 g/mol. The highest BCUT2D eigenvalue weighted by atomic mass is 35.5. The summed E-state index contributed by atoms with van der Waals surface area (Å²) in [6.07, 6.45) is -5.47. The monoisotopic (exact) mass is 303 g/mol. The Morgan fingerprint density at radius 3 is 2.15 bits per heavy atom. The highest BCUT2D eigenvalue weighted by Gasteiger charge is 2.32. The van der Waals surface area contributed by atoms with Crippen molar-refractivity contribution in [3.8, 4) is 0 Å². The van der Waals surface area contributed by atoms with E-state index in [1.54, 1.807) is 12.1 Å². The molecule has 0 spiro atoms. The molecule has 1 N–H and O–H groups in total. The molecule has 0 heterocycles. The Kier molecular flexibility index (Phi) is 3.85. The van der Waals surface area contributed by atoms with E-state index >= 15 is 0 Å². The molecule has 0 radical (unpaired) electrons. The average molecular weight is 304 g/mol. The van der Waals surface area contributed by atoms with Crippen LogP contribution in [0.3, 0.4) is 0 Å². The molecule has 3 nitrogen and oxygen atoms in total. The lowest BCUT2D eigenvalue weighted by Crippen LogP contribution is -2.31. The Labute approximate surface area is 117 Å². The van der Waals surface area contributed by atoms with Gasteiger partial charge in [-0.1, -0.05) is 35.9 Å². The van der Waals surface area contributed by atoms with Gasteiger partial charge in [0.15, 0.2) is 0 Å². The van der Waals surface area contributed by atoms with Crippen LogP contribution in [0.25, 0.3) is 0 Å². The number of carbonyl (C=O) groups is 2. The van der Waals surface area contributed by atoms with E-state index < -0.39 is 30.7 Å². The van der Waals surface area contributed by atoms with Crippen molar-refractivity contribution in [2.75, 3.05) is 6.54 Å². The zero-order valence-corrected chi connectivity index (χ0v) is 10.8. The van der Waals surface area contributed by atoms with Crippen LogP contribution in [0.1, 0.15) is 27.1 Å². The SMILES string of the molecule is O=C1C(Cl)=C(NCCC(F)(F)F)C(=O)c2ccccc21. The van der Waals surface area contributed by atoms with Gasteiger partial charge in [-0.15, -0.1) is 0 Å². The topological polar surface area (TPSA) is 46.2 Å². The van der Waals surface area contributed by atoms with Crippen molar-refractivity contribution in [3.05, 3.63) is 46.1 Å². The standard InChI is InChI=1S/C13H9ClF3NO2/c14-9-10(18-6-5-13(15,16)17)12(20)8-4-2-1-3-7(8)11(9)19/h1-4,18H,5-6H2. The van der Waals surface area contributed by atoms with Gasteiger partial charge < -0.3 is 5.32 Å². The van der Waals surface area contributed by atoms with Gasteiger partial charge in [-0.25, -0.2) is 0 Å². The van der Waals surface area contributed by atoms with Crippen LogP contribution in [0.15, 0.2) is 35.0 Å². The second kappa shape index (κ2) is 5.28. The van der Waals surface area contributed by atoms with Crippen molar-refractivity contribution >= 4 is 23.2 Å². The number of rotatable bonds is 3. The van der Waals surface area contributed by atoms with E-state index in [0.717, 1.165) is 0 Å². The number of carbonyl (C=O) groups excluding carboxylic acids is 2. The molecule has 0 saturated heterocycles. The number of alkyl halides is 3. The number of halogens is 4. The van der Waals surface area contributed by atoms with E-state index in [9.17, 15) is 22.8 Å². The molecule has 0 aliphatic heterocycles. The van der Waals surface area contributed by atoms with Gasteiger partial charge in [-0.2, -0.15) is 13.2 Å². The summed E-state index contributed by atoms with van der Waals surface area (Å²) >= 11 is 5.77. The first-order chi connectivity index (χ1) is 9.31. The molecule has 1 aromatic rings. The maximum Gasteiger partial charge on any atom is 0.390 e. The van der Waals surface area contributed by atoms with Crippen LogP contribution in [0.5, 0.6) is 0 Å². The Bertz CT molecular complexity index is 608. The van der Waals surface area contributed by atoms with E-state index in [4.69, 9.17) is 11.6 Å². The van der Waals surface area contributed by atoms with Crippen molar-refractivity contribution in [2.45, 2.75) is 12.6 Å². The molecule has 0 saturated carbocycles. The predicted octanol–water partition coefficient (Wildman–Crippen LogP) is 3.06. The van der Waals surface area contributed by atoms with Gasteiger partial charge in [-0.3, -0.25) is 9.59 Å². The van der Waals surface area contributed by atoms with Gasteiger partial charge in [-0.05, 0) is 0 Å². The third-order valence-corrected chi connectivity index (χ3v) is 3.13. The number of hydrogen-bond acceptors (Lipinski definition) is 3. The maximum absolute atomic E-state index is 12.1. The third kappa shape index (κ3) is 2.85. The first-order valence-electron chi connectivity index (χ1n) is 5.70. The molecule has 0 bridgehead atoms. The van der Waals surface area contributed by atoms with Gasteiger partial charge in [0.05, 0.1) is 6.42 Å². The van der Waals surface area contributed by atoms with Gasteiger partial charge in [0.25, 0.3) is 0 Å². The highest BCUT2D eigenvalue weighted by Crippen LogP contribution is 2.27. The summed E-state index contributed by atoms with van der Waals surface area (Å²) < 4.78 is 36.2. The first-order valence-corrected chi connectivity index (χ1v) is 6.08. The summed E-state index contributed by atoms with van der Waals surface area (Å²) in [5.41, 5.74) is 0.0138. The Balaban J connectivity index is 2.24. The third-order valence-electron chi connectivity index (χ3n) is 2.77. The summed E-state index contributed by atoms with van der Waals surface area (Å²) in [4.78, 5) is 24.0. The van der Waals surface area contributed by atoms with Crippen LogP contribution in [0.4, 0.5) is 13.2 Å². The molecule has 1 aromatic carbocycles. The molecular formula is C13H9ClF3NO2. The number of fused-ring (bicyclic) bond motifs is 1. The fraction of sp³-hybridized carbons (Fsp3) is 0.231. The van der Waals surface area contributed by atoms with Crippen LogP contribution < -0.4 is 5.32 Å². The Morgan fingerprint density at radius 1 is 1.05 bits per heavy atom. The van der Waals surface area contributed by atoms with E-state index in [2.05, 4.69) is 5.32 Å². The Morgan fingerprint density at radius 2 is 1.60 bits per heavy atom. The quantitative estimate of drug-likeness (QED) is 0.933. The lowest BCUT2D eigenvalue weighted by molar-refractivity contribution is -0.133. The van der Waals surface area contributed by atoms with Crippen molar-refractivity contribution in [3.63, 3.8) is 0 Å². The van der Waals surface area contributed by atoms with Crippen LogP contribution in [0.2, 0.25) is 0 Å². The summed E-state index contributed by atoms with van der Waals surface area (Å²) in [6, 6.07) is 6.03. The fourth-order valence-electron chi connectivity index (χ4n) is 1.83. The number of ketones is 2. The fourth-order valence-corrected chi connectivity index (χ4v) is 2.09. The molecule has 106 valence electrons. The van der Waals surface area contributed by atoms with Crippen molar-refractivity contribution < 1.29 is 22.8 Å². The Hall–Kier alpha value is -1.82. The molecule has 0 aromatic heterocycles. The van der Waals surface area contributed by atoms with Crippen molar-refractivity contribution in [2.24, 2.45) is 0 Å². The van der Waals surface area contributed by atoms with Gasteiger partial charge >= 0.3 is 6.18 Å². The molecule has 20 heavy (non-hydrogen) atoms. The number of allylic oxidation sites excluding steroid dienone is 2. The minimum Gasteiger partial charge on any atom is -0.380 e. The largest absolute Gasteiger partial charge is 0.390 e. The number of Topliss-reactive ketones (excluding diaryl/α,β-unsaturated/α-hetero) is 2. The summed E-state index contributed by atoms with van der Waals surface area (Å²) in [7, 11) is 0. The summed E-state index contributed by atoms with van der Waals surface area (Å²) in [6.45, 7) is -0.518. The second-order valence-corrected chi connectivity index (χ2v) is 4.56. The van der Waals surface area contributed by atoms with Crippen molar-refractivity contribution in [1.29, 1.82) is 0 Å². The van der Waals surface area contributed by atoms with Gasteiger partial charge in [0.2, 0.25) is 11.6 Å². The van der Waals surface area contributed by atoms with E-state index in [0.29, 0.717) is 0 Å². The maximum atomic E-state index is 12.1. The summed E-state index contributed by atoms with van der Waals surface area (Å²) in [5.74, 6) is -1.15. The van der Waals surface area contributed by atoms with Gasteiger partial charge in [0.1, 0.15) is 10.7 Å².